The number of rotatable bonds is 3. The Morgan fingerprint density at radius 1 is 1.00 bits per heavy atom. The maximum Gasteiger partial charge on any atom is 0.257 e. The van der Waals surface area contributed by atoms with Crippen LogP contribution in [0.15, 0.2) is 55.0 Å². The van der Waals surface area contributed by atoms with Gasteiger partial charge in [-0.3, -0.25) is 19.6 Å². The summed E-state index contributed by atoms with van der Waals surface area (Å²) in [7, 11) is 0. The summed E-state index contributed by atoms with van der Waals surface area (Å²) in [5, 5.41) is 3.82. The molecule has 1 aromatic carbocycles. The van der Waals surface area contributed by atoms with E-state index in [1.165, 1.54) is 12.4 Å². The average molecular weight is 346 g/mol. The van der Waals surface area contributed by atoms with Gasteiger partial charge in [0.2, 0.25) is 0 Å². The quantitative estimate of drug-likeness (QED) is 0.791. The molecule has 26 heavy (non-hydrogen) atoms. The number of anilines is 1. The fourth-order valence-electron chi connectivity index (χ4n) is 3.18. The first kappa shape index (κ1) is 16.2. The third kappa shape index (κ3) is 3.13. The summed E-state index contributed by atoms with van der Waals surface area (Å²) >= 11 is 0. The Labute approximate surface area is 150 Å². The highest BCUT2D eigenvalue weighted by atomic mass is 16.2. The minimum atomic E-state index is -0.313. The molecule has 0 bridgehead atoms. The average Bonchev–Trinajstić information content (AvgIpc) is 3.22. The van der Waals surface area contributed by atoms with Crippen LogP contribution >= 0.6 is 0 Å². The van der Waals surface area contributed by atoms with E-state index in [1.54, 1.807) is 23.2 Å². The first-order valence-corrected chi connectivity index (χ1v) is 8.62. The Morgan fingerprint density at radius 2 is 1.77 bits per heavy atom. The van der Waals surface area contributed by atoms with E-state index in [4.69, 9.17) is 0 Å². The molecule has 1 N–H and O–H groups in total. The second-order valence-corrected chi connectivity index (χ2v) is 6.30. The number of hydrogen-bond acceptors (Lipinski definition) is 4. The molecule has 2 amide bonds. The van der Waals surface area contributed by atoms with E-state index in [-0.39, 0.29) is 11.8 Å². The predicted molar refractivity (Wildman–Crippen MR) is 99.1 cm³/mol. The number of fused-ring (bicyclic) bond motifs is 1. The van der Waals surface area contributed by atoms with Crippen molar-refractivity contribution in [2.24, 2.45) is 0 Å². The van der Waals surface area contributed by atoms with Gasteiger partial charge in [0.05, 0.1) is 22.3 Å². The molecule has 2 aromatic heterocycles. The van der Waals surface area contributed by atoms with Gasteiger partial charge in [-0.05, 0) is 31.0 Å². The third-order valence-electron chi connectivity index (χ3n) is 4.52. The molecule has 3 heterocycles. The van der Waals surface area contributed by atoms with Crippen LogP contribution in [-0.4, -0.2) is 39.8 Å². The molecule has 4 rings (SSSR count). The maximum atomic E-state index is 12.7. The fourth-order valence-corrected chi connectivity index (χ4v) is 3.18. The van der Waals surface area contributed by atoms with E-state index in [0.29, 0.717) is 16.8 Å². The summed E-state index contributed by atoms with van der Waals surface area (Å²) in [5.41, 5.74) is 2.14. The zero-order valence-electron chi connectivity index (χ0n) is 14.2. The van der Waals surface area contributed by atoms with Crippen molar-refractivity contribution in [3.8, 4) is 0 Å². The lowest BCUT2D eigenvalue weighted by atomic mass is 10.1. The second-order valence-electron chi connectivity index (χ2n) is 6.30. The van der Waals surface area contributed by atoms with Crippen LogP contribution in [0.2, 0.25) is 0 Å². The Hall–Kier alpha value is -3.28. The predicted octanol–water partition coefficient (Wildman–Crippen LogP) is 3.12. The molecule has 0 unspecified atom stereocenters. The molecule has 1 saturated heterocycles. The third-order valence-corrected chi connectivity index (χ3v) is 4.52. The van der Waals surface area contributed by atoms with Crippen molar-refractivity contribution in [2.75, 3.05) is 18.4 Å². The van der Waals surface area contributed by atoms with Crippen LogP contribution in [0.3, 0.4) is 0 Å². The number of carbonyl (C=O) groups is 2. The van der Waals surface area contributed by atoms with Crippen molar-refractivity contribution in [3.05, 3.63) is 66.1 Å². The SMILES string of the molecule is O=C(Nc1cccc2cccnc12)c1cncc(C(=O)N2CCCC2)c1. The molecule has 0 saturated carbocycles. The first-order chi connectivity index (χ1) is 12.7. The number of aromatic nitrogens is 2. The number of nitrogens with zero attached hydrogens (tertiary/aromatic N) is 3. The number of benzene rings is 1. The highest BCUT2D eigenvalue weighted by molar-refractivity contribution is 6.09. The van der Waals surface area contributed by atoms with Crippen LogP contribution < -0.4 is 5.32 Å². The summed E-state index contributed by atoms with van der Waals surface area (Å²) in [6.07, 6.45) is 6.71. The fraction of sp³-hybridized carbons (Fsp3) is 0.200. The molecule has 1 aliphatic heterocycles. The van der Waals surface area contributed by atoms with E-state index >= 15 is 0 Å². The van der Waals surface area contributed by atoms with Gasteiger partial charge in [0.25, 0.3) is 11.8 Å². The van der Waals surface area contributed by atoms with Gasteiger partial charge < -0.3 is 10.2 Å². The summed E-state index contributed by atoms with van der Waals surface area (Å²) in [4.78, 5) is 35.4. The summed E-state index contributed by atoms with van der Waals surface area (Å²) in [6, 6.07) is 11.0. The smallest absolute Gasteiger partial charge is 0.257 e. The molecule has 0 atom stereocenters. The molecule has 6 nitrogen and oxygen atoms in total. The van der Waals surface area contributed by atoms with Crippen LogP contribution in [-0.2, 0) is 0 Å². The van der Waals surface area contributed by atoms with Crippen molar-refractivity contribution < 1.29 is 9.59 Å². The summed E-state index contributed by atoms with van der Waals surface area (Å²) < 4.78 is 0. The molecule has 0 radical (unpaired) electrons. The van der Waals surface area contributed by atoms with Crippen LogP contribution in [0.4, 0.5) is 5.69 Å². The normalized spacial score (nSPS) is 13.8. The molecular formula is C20H18N4O2. The highest BCUT2D eigenvalue weighted by Crippen LogP contribution is 2.21. The van der Waals surface area contributed by atoms with Gasteiger partial charge >= 0.3 is 0 Å². The van der Waals surface area contributed by atoms with Gasteiger partial charge in [-0.1, -0.05) is 18.2 Å². The Kier molecular flexibility index (Phi) is 4.31. The lowest BCUT2D eigenvalue weighted by Gasteiger charge is -2.15. The van der Waals surface area contributed by atoms with Crippen LogP contribution in [0.5, 0.6) is 0 Å². The van der Waals surface area contributed by atoms with E-state index < -0.39 is 0 Å². The van der Waals surface area contributed by atoms with E-state index in [9.17, 15) is 9.59 Å². The van der Waals surface area contributed by atoms with Gasteiger partial charge in [0.1, 0.15) is 0 Å². The zero-order chi connectivity index (χ0) is 17.9. The van der Waals surface area contributed by atoms with Gasteiger partial charge in [-0.25, -0.2) is 0 Å². The standard InChI is InChI=1S/C20H18N4O2/c25-19(23-17-7-3-5-14-6-4-8-22-18(14)17)15-11-16(13-21-12-15)20(26)24-9-1-2-10-24/h3-8,11-13H,1-2,9-10H2,(H,23,25). The number of pyridine rings is 2. The Morgan fingerprint density at radius 3 is 2.62 bits per heavy atom. The lowest BCUT2D eigenvalue weighted by molar-refractivity contribution is 0.0792. The number of carbonyl (C=O) groups excluding carboxylic acids is 2. The number of nitrogens with one attached hydrogen (secondary N) is 1. The maximum absolute atomic E-state index is 12.7. The number of hydrogen-bond donors (Lipinski definition) is 1. The Bertz CT molecular complexity index is 975. The topological polar surface area (TPSA) is 75.2 Å². The van der Waals surface area contributed by atoms with Gasteiger partial charge in [0.15, 0.2) is 0 Å². The van der Waals surface area contributed by atoms with Crippen molar-refractivity contribution >= 4 is 28.4 Å². The molecule has 0 spiro atoms. The van der Waals surface area contributed by atoms with Gasteiger partial charge in [0, 0.05) is 37.1 Å². The van der Waals surface area contributed by atoms with E-state index in [0.717, 1.165) is 36.8 Å². The minimum Gasteiger partial charge on any atom is -0.339 e. The van der Waals surface area contributed by atoms with E-state index in [2.05, 4.69) is 15.3 Å². The van der Waals surface area contributed by atoms with Gasteiger partial charge in [-0.15, -0.1) is 0 Å². The van der Waals surface area contributed by atoms with E-state index in [1.807, 2.05) is 24.3 Å². The molecule has 1 aliphatic rings. The van der Waals surface area contributed by atoms with Gasteiger partial charge in [-0.2, -0.15) is 0 Å². The Balaban J connectivity index is 1.58. The molecule has 1 fully saturated rings. The largest absolute Gasteiger partial charge is 0.339 e. The van der Waals surface area contributed by atoms with Crippen molar-refractivity contribution in [2.45, 2.75) is 12.8 Å². The van der Waals surface area contributed by atoms with Crippen molar-refractivity contribution in [1.29, 1.82) is 0 Å². The van der Waals surface area contributed by atoms with Crippen molar-refractivity contribution in [1.82, 2.24) is 14.9 Å². The van der Waals surface area contributed by atoms with Crippen LogP contribution in [0, 0.1) is 0 Å². The number of para-hydroxylation sites is 1. The molecule has 3 aromatic rings. The van der Waals surface area contributed by atoms with Crippen LogP contribution in [0.25, 0.3) is 10.9 Å². The molecule has 0 aliphatic carbocycles. The van der Waals surface area contributed by atoms with Crippen LogP contribution in [0.1, 0.15) is 33.6 Å². The summed E-state index contributed by atoms with van der Waals surface area (Å²) in [5.74, 6) is -0.386. The zero-order valence-corrected chi connectivity index (χ0v) is 14.2. The number of amides is 2. The number of likely N-dealkylation sites (tertiary alicyclic amines) is 1. The molecular weight excluding hydrogens is 328 g/mol. The monoisotopic (exact) mass is 346 g/mol. The minimum absolute atomic E-state index is 0.0727. The lowest BCUT2D eigenvalue weighted by Crippen LogP contribution is -2.28. The highest BCUT2D eigenvalue weighted by Gasteiger charge is 2.21. The first-order valence-electron chi connectivity index (χ1n) is 8.62. The molecule has 6 heteroatoms. The van der Waals surface area contributed by atoms with Crippen molar-refractivity contribution in [3.63, 3.8) is 0 Å². The molecule has 130 valence electrons. The summed E-state index contributed by atoms with van der Waals surface area (Å²) in [6.45, 7) is 1.52. The second kappa shape index (κ2) is 6.92.